The number of ketones is 2. The molecule has 1 saturated heterocycles. The molecule has 0 radical (unpaired) electrons. The van der Waals surface area contributed by atoms with Gasteiger partial charge in [0.2, 0.25) is 5.91 Å². The molecule has 1 aliphatic heterocycles. The van der Waals surface area contributed by atoms with E-state index >= 15 is 0 Å². The van der Waals surface area contributed by atoms with E-state index in [0.717, 1.165) is 36.3 Å². The number of nitrogens with zero attached hydrogens (tertiary/aromatic N) is 1. The topological polar surface area (TPSA) is 171 Å². The minimum Gasteiger partial charge on any atom is -0.508 e. The monoisotopic (exact) mass is 548 g/mol. The minimum atomic E-state index is -2.51. The number of benzene rings is 2. The third-order valence-corrected chi connectivity index (χ3v) is 9.02. The number of Topliss-reactive ketones (excluding diaryl/α,β-unsaturated/α-hetero) is 2. The number of aliphatic hydroxyl groups is 3. The number of ether oxygens (including phenoxy) is 1. The predicted octanol–water partition coefficient (Wildman–Crippen LogP) is 1.24. The average molecular weight is 549 g/mol. The summed E-state index contributed by atoms with van der Waals surface area (Å²) in [6, 6.07) is 11.2. The van der Waals surface area contributed by atoms with Gasteiger partial charge in [-0.15, -0.1) is 0 Å². The largest absolute Gasteiger partial charge is 0.508 e. The fourth-order valence-electron chi connectivity index (χ4n) is 7.05. The van der Waals surface area contributed by atoms with Crippen LogP contribution < -0.4 is 5.73 Å². The molecule has 1 amide bonds. The smallest absolute Gasteiger partial charge is 0.230 e. The van der Waals surface area contributed by atoms with E-state index in [9.17, 15) is 34.8 Å². The van der Waals surface area contributed by atoms with E-state index in [1.165, 1.54) is 6.07 Å². The number of carbonyl (C=O) groups is 3. The first-order valence-electron chi connectivity index (χ1n) is 13.6. The van der Waals surface area contributed by atoms with Gasteiger partial charge >= 0.3 is 0 Å². The lowest BCUT2D eigenvalue weighted by Gasteiger charge is -2.48. The van der Waals surface area contributed by atoms with Crippen molar-refractivity contribution in [1.82, 2.24) is 4.90 Å². The van der Waals surface area contributed by atoms with Gasteiger partial charge in [0.05, 0.1) is 24.9 Å². The summed E-state index contributed by atoms with van der Waals surface area (Å²) in [5, 5.41) is 43.9. The van der Waals surface area contributed by atoms with E-state index in [1.807, 2.05) is 18.2 Å². The Morgan fingerprint density at radius 3 is 2.58 bits per heavy atom. The molecule has 0 aromatic heterocycles. The number of aliphatic hydroxyl groups excluding tert-OH is 2. The van der Waals surface area contributed by atoms with Crippen molar-refractivity contribution in [3.63, 3.8) is 0 Å². The van der Waals surface area contributed by atoms with E-state index in [1.54, 1.807) is 6.07 Å². The van der Waals surface area contributed by atoms with Gasteiger partial charge in [0.25, 0.3) is 0 Å². The van der Waals surface area contributed by atoms with E-state index in [2.05, 4.69) is 11.0 Å². The molecule has 40 heavy (non-hydrogen) atoms. The van der Waals surface area contributed by atoms with Crippen LogP contribution in [0, 0.1) is 17.8 Å². The van der Waals surface area contributed by atoms with E-state index in [4.69, 9.17) is 10.5 Å². The summed E-state index contributed by atoms with van der Waals surface area (Å²) in [6.45, 7) is 3.83. The van der Waals surface area contributed by atoms with E-state index in [0.29, 0.717) is 18.8 Å². The van der Waals surface area contributed by atoms with Crippen LogP contribution >= 0.6 is 0 Å². The Bertz CT molecular complexity index is 1450. The van der Waals surface area contributed by atoms with Gasteiger partial charge in [-0.05, 0) is 59.6 Å². The second-order valence-corrected chi connectivity index (χ2v) is 11.3. The van der Waals surface area contributed by atoms with Crippen LogP contribution in [0.3, 0.4) is 0 Å². The number of hydrogen-bond donors (Lipinski definition) is 5. The van der Waals surface area contributed by atoms with Crippen LogP contribution in [0.4, 0.5) is 0 Å². The maximum atomic E-state index is 13.8. The molecule has 10 nitrogen and oxygen atoms in total. The van der Waals surface area contributed by atoms with Gasteiger partial charge in [0.1, 0.15) is 17.4 Å². The summed E-state index contributed by atoms with van der Waals surface area (Å²) in [7, 11) is 0. The van der Waals surface area contributed by atoms with Gasteiger partial charge in [0, 0.05) is 31.1 Å². The molecule has 3 aliphatic carbocycles. The van der Waals surface area contributed by atoms with Gasteiger partial charge in [-0.25, -0.2) is 0 Å². The van der Waals surface area contributed by atoms with E-state index in [-0.39, 0.29) is 36.1 Å². The number of phenolic OH excluding ortho intramolecular Hbond substituents is 1. The fraction of sp³-hybridized carbons (Fsp3) is 0.433. The molecule has 6 N–H and O–H groups in total. The maximum absolute atomic E-state index is 13.8. The van der Waals surface area contributed by atoms with Crippen LogP contribution in [0.15, 0.2) is 47.7 Å². The number of nitrogens with two attached hydrogens (primary N) is 1. The Morgan fingerprint density at radius 1 is 1.10 bits per heavy atom. The number of phenols is 1. The fourth-order valence-corrected chi connectivity index (χ4v) is 7.05. The van der Waals surface area contributed by atoms with Crippen LogP contribution in [0.1, 0.15) is 34.3 Å². The highest BCUT2D eigenvalue weighted by Gasteiger charge is 2.62. The highest BCUT2D eigenvalue weighted by atomic mass is 16.5. The minimum absolute atomic E-state index is 0.0191. The second kappa shape index (κ2) is 9.81. The third-order valence-electron chi connectivity index (χ3n) is 9.02. The van der Waals surface area contributed by atoms with Crippen LogP contribution in [0.2, 0.25) is 0 Å². The number of fused-ring (bicyclic) bond motifs is 3. The Kier molecular flexibility index (Phi) is 6.53. The second-order valence-electron chi connectivity index (χ2n) is 11.3. The van der Waals surface area contributed by atoms with Crippen molar-refractivity contribution in [2.24, 2.45) is 23.5 Å². The number of hydrogen-bond acceptors (Lipinski definition) is 9. The Balaban J connectivity index is 1.40. The van der Waals surface area contributed by atoms with Crippen LogP contribution in [-0.2, 0) is 27.3 Å². The molecule has 2 unspecified atom stereocenters. The molecule has 2 aromatic rings. The lowest BCUT2D eigenvalue weighted by atomic mass is 9.57. The maximum Gasteiger partial charge on any atom is 0.230 e. The van der Waals surface area contributed by atoms with Crippen molar-refractivity contribution in [2.75, 3.05) is 26.3 Å². The number of carbonyl (C=O) groups excluding carboxylic acids is 3. The molecule has 5 atom stereocenters. The highest BCUT2D eigenvalue weighted by Crippen LogP contribution is 2.52. The standard InChI is InChI=1S/C30H32N2O8/c31-29(38)25-22(34)13-18-11-17-12-20-19(16-3-1-2-15(10-16)14-32-6-8-40-9-7-32)4-5-21(33)24(20)26(35)23(17)27(36)30(18,39)28(25)37/h1-5,10,17-18,22,25,33-34,36,39H,6-9,11-14H2,(H2,31,38)/t17-,18+,22?,25?,30+/m1/s1. The molecule has 4 aliphatic rings. The molecule has 1 heterocycles. The molecule has 10 heteroatoms. The van der Waals surface area contributed by atoms with Crippen molar-refractivity contribution >= 4 is 17.5 Å². The molecule has 0 bridgehead atoms. The molecule has 210 valence electrons. The number of aromatic hydroxyl groups is 1. The number of rotatable bonds is 4. The van der Waals surface area contributed by atoms with E-state index < -0.39 is 52.7 Å². The normalized spacial score (nSPS) is 30.4. The average Bonchev–Trinajstić information content (AvgIpc) is 2.91. The summed E-state index contributed by atoms with van der Waals surface area (Å²) >= 11 is 0. The van der Waals surface area contributed by atoms with Crippen molar-refractivity contribution in [2.45, 2.75) is 37.5 Å². The van der Waals surface area contributed by atoms with Gasteiger partial charge in [0.15, 0.2) is 17.2 Å². The number of allylic oxidation sites excluding steroid dienone is 1. The number of amides is 1. The van der Waals surface area contributed by atoms with Crippen LogP contribution in [-0.4, -0.2) is 80.8 Å². The summed E-state index contributed by atoms with van der Waals surface area (Å²) in [5.74, 6) is -7.14. The van der Waals surface area contributed by atoms with Crippen LogP contribution in [0.5, 0.6) is 5.75 Å². The molecule has 6 rings (SSSR count). The lowest BCUT2D eigenvalue weighted by Crippen LogP contribution is -2.63. The summed E-state index contributed by atoms with van der Waals surface area (Å²) in [5.41, 5.74) is 6.05. The molecular weight excluding hydrogens is 516 g/mol. The molecule has 1 saturated carbocycles. The number of primary amides is 1. The van der Waals surface area contributed by atoms with Gasteiger partial charge < -0.3 is 30.9 Å². The SMILES string of the molecule is NC(=O)C1C(=O)[C@@]2(O)C(O)=C3C(=O)c4c(O)ccc(-c5cccc(CN6CCOCC6)c5)c4C[C@H]3C[C@H]2CC1O. The first-order chi connectivity index (χ1) is 19.1. The quantitative estimate of drug-likeness (QED) is 0.353. The van der Waals surface area contributed by atoms with Crippen molar-refractivity contribution in [3.8, 4) is 16.9 Å². The van der Waals surface area contributed by atoms with Gasteiger partial charge in [-0.2, -0.15) is 0 Å². The molecule has 0 spiro atoms. The van der Waals surface area contributed by atoms with Crippen LogP contribution in [0.25, 0.3) is 11.1 Å². The zero-order valence-corrected chi connectivity index (χ0v) is 21.9. The van der Waals surface area contributed by atoms with Crippen molar-refractivity contribution in [3.05, 3.63) is 64.4 Å². The van der Waals surface area contributed by atoms with Gasteiger partial charge in [-0.3, -0.25) is 19.3 Å². The van der Waals surface area contributed by atoms with Gasteiger partial charge in [-0.1, -0.05) is 24.3 Å². The summed E-state index contributed by atoms with van der Waals surface area (Å²) in [4.78, 5) is 41.2. The Hall–Kier alpha value is -3.57. The first kappa shape index (κ1) is 26.6. The Morgan fingerprint density at radius 2 is 1.85 bits per heavy atom. The molecule has 2 fully saturated rings. The summed E-state index contributed by atoms with van der Waals surface area (Å²) < 4.78 is 5.44. The first-order valence-corrected chi connectivity index (χ1v) is 13.6. The number of morpholine rings is 1. The highest BCUT2D eigenvalue weighted by molar-refractivity contribution is 6.16. The van der Waals surface area contributed by atoms with Crippen molar-refractivity contribution < 1.29 is 39.5 Å². The Labute approximate surface area is 230 Å². The lowest BCUT2D eigenvalue weighted by molar-refractivity contribution is -0.167. The zero-order chi connectivity index (χ0) is 28.3. The third kappa shape index (κ3) is 4.05. The molecule has 2 aromatic carbocycles. The van der Waals surface area contributed by atoms with Crippen molar-refractivity contribution in [1.29, 1.82) is 0 Å². The predicted molar refractivity (Wildman–Crippen MR) is 142 cm³/mol. The molecular formula is C30H32N2O8. The summed E-state index contributed by atoms with van der Waals surface area (Å²) in [6.07, 6.45) is -1.14. The zero-order valence-electron chi connectivity index (χ0n) is 21.9.